The van der Waals surface area contributed by atoms with Crippen LogP contribution in [0, 0.1) is 0 Å². The van der Waals surface area contributed by atoms with Crippen LogP contribution >= 0.6 is 11.8 Å². The van der Waals surface area contributed by atoms with E-state index in [4.69, 9.17) is 9.47 Å². The minimum absolute atomic E-state index is 0.0757. The van der Waals surface area contributed by atoms with E-state index in [0.29, 0.717) is 44.0 Å². The normalized spacial score (nSPS) is 18.5. The molecular weight excluding hydrogens is 703 g/mol. The van der Waals surface area contributed by atoms with Gasteiger partial charge < -0.3 is 20.1 Å². The van der Waals surface area contributed by atoms with Crippen LogP contribution in [0.3, 0.4) is 0 Å². The molecule has 8 heteroatoms. The molecule has 1 heterocycles. The summed E-state index contributed by atoms with van der Waals surface area (Å²) in [5, 5.41) is 8.86. The number of carbonyl (C=O) groups is 2. The number of rotatable bonds is 15. The van der Waals surface area contributed by atoms with Crippen LogP contribution in [-0.4, -0.2) is 78.6 Å². The highest BCUT2D eigenvalue weighted by atomic mass is 32.2. The fraction of sp³-hybridized carbons (Fsp3) is 0.362. The number of Topliss-reactive ketones (excluding diaryl/α,β-unsaturated/α-hetero) is 1. The fourth-order valence-electron chi connectivity index (χ4n) is 7.86. The number of thioether (sulfide) groups is 1. The molecule has 1 aliphatic carbocycles. The number of amides is 1. The number of fused-ring (bicyclic) bond motifs is 1. The molecule has 286 valence electrons. The molecule has 2 N–H and O–H groups in total. The monoisotopic (exact) mass is 755 g/mol. The van der Waals surface area contributed by atoms with Crippen molar-refractivity contribution in [2.75, 3.05) is 38.5 Å². The van der Waals surface area contributed by atoms with E-state index >= 15 is 4.79 Å². The second-order valence-corrected chi connectivity index (χ2v) is 17.0. The smallest absolute Gasteiger partial charge is 0.407 e. The van der Waals surface area contributed by atoms with Gasteiger partial charge in [-0.15, -0.1) is 11.8 Å². The molecule has 7 rings (SSSR count). The quantitative estimate of drug-likeness (QED) is 0.0817. The third-order valence-corrected chi connectivity index (χ3v) is 12.3. The summed E-state index contributed by atoms with van der Waals surface area (Å²) >= 11 is 1.80. The first kappa shape index (κ1) is 38.8. The van der Waals surface area contributed by atoms with Crippen molar-refractivity contribution in [2.45, 2.75) is 68.1 Å². The van der Waals surface area contributed by atoms with Gasteiger partial charge in [-0.05, 0) is 67.5 Å². The lowest BCUT2D eigenvalue weighted by molar-refractivity contribution is 0.0135. The van der Waals surface area contributed by atoms with Crippen molar-refractivity contribution in [2.24, 2.45) is 0 Å². The van der Waals surface area contributed by atoms with Crippen molar-refractivity contribution in [3.63, 3.8) is 0 Å². The Labute approximate surface area is 330 Å². The van der Waals surface area contributed by atoms with Crippen LogP contribution in [-0.2, 0) is 14.2 Å². The Bertz CT molecular complexity index is 1930. The van der Waals surface area contributed by atoms with Gasteiger partial charge in [-0.1, -0.05) is 133 Å². The number of ether oxygens (including phenoxy) is 2. The molecule has 2 aliphatic rings. The SMILES string of the molecule is CC(C)(C)OC(=O)N[C@@H](CSC(c1ccccc1)(c1ccccc1)c1ccccc1)CN1CCNC[C@@]1(CCOC1CC1)C(=O)c1cccc2ccccc12. The van der Waals surface area contributed by atoms with Gasteiger partial charge in [-0.25, -0.2) is 4.79 Å². The topological polar surface area (TPSA) is 79.9 Å². The van der Waals surface area contributed by atoms with E-state index in [1.165, 1.54) is 0 Å². The summed E-state index contributed by atoms with van der Waals surface area (Å²) in [7, 11) is 0. The zero-order valence-electron chi connectivity index (χ0n) is 32.2. The average molecular weight is 756 g/mol. The second-order valence-electron chi connectivity index (χ2n) is 15.8. The Morgan fingerprint density at radius 2 is 1.40 bits per heavy atom. The molecule has 0 unspecified atom stereocenters. The van der Waals surface area contributed by atoms with Crippen LogP contribution in [0.25, 0.3) is 10.8 Å². The molecule has 1 aliphatic heterocycles. The van der Waals surface area contributed by atoms with Gasteiger partial charge in [0.05, 0.1) is 22.4 Å². The number of hydrogen-bond donors (Lipinski definition) is 2. The standard InChI is InChI=1S/C47H53N3O4S/c1-45(2,3)54-44(52)49-39(33-55-47(36-18-7-4-8-19-36,37-20-9-5-10-21-37)38-22-11-6-12-23-38)32-50-30-29-48-34-46(50,28-31-53-40-26-27-40)43(51)42-25-15-17-35-16-13-14-24-41(35)42/h4-25,39-40,48H,26-34H2,1-3H3,(H,49,52)/t39-,46+/m1/s1. The molecule has 55 heavy (non-hydrogen) atoms. The molecule has 0 bridgehead atoms. The van der Waals surface area contributed by atoms with Crippen LogP contribution < -0.4 is 10.6 Å². The van der Waals surface area contributed by atoms with E-state index < -0.39 is 22.0 Å². The Balaban J connectivity index is 1.28. The van der Waals surface area contributed by atoms with Crippen molar-refractivity contribution in [3.05, 3.63) is 156 Å². The number of nitrogens with zero attached hydrogens (tertiary/aromatic N) is 1. The largest absolute Gasteiger partial charge is 0.444 e. The maximum absolute atomic E-state index is 15.2. The predicted molar refractivity (Wildman–Crippen MR) is 224 cm³/mol. The summed E-state index contributed by atoms with van der Waals surface area (Å²) in [6.45, 7) is 8.42. The number of ketones is 1. The van der Waals surface area contributed by atoms with Gasteiger partial charge >= 0.3 is 6.09 Å². The molecule has 2 fully saturated rings. The van der Waals surface area contributed by atoms with Crippen molar-refractivity contribution < 1.29 is 19.1 Å². The molecule has 0 aromatic heterocycles. The third kappa shape index (κ3) is 9.00. The summed E-state index contributed by atoms with van der Waals surface area (Å²) in [5.41, 5.74) is 2.58. The van der Waals surface area contributed by atoms with E-state index in [2.05, 4.69) is 100 Å². The molecule has 5 aromatic carbocycles. The summed E-state index contributed by atoms with van der Waals surface area (Å²) in [4.78, 5) is 31.3. The number of carbonyl (C=O) groups excluding carboxylic acids is 2. The highest BCUT2D eigenvalue weighted by Crippen LogP contribution is 2.49. The predicted octanol–water partition coefficient (Wildman–Crippen LogP) is 8.85. The van der Waals surface area contributed by atoms with Gasteiger partial charge in [-0.2, -0.15) is 0 Å². The number of hydrogen-bond acceptors (Lipinski definition) is 7. The van der Waals surface area contributed by atoms with Crippen LogP contribution in [0.5, 0.6) is 0 Å². The number of alkyl carbamates (subject to hydrolysis) is 1. The zero-order valence-corrected chi connectivity index (χ0v) is 33.0. The Morgan fingerprint density at radius 3 is 2.00 bits per heavy atom. The summed E-state index contributed by atoms with van der Waals surface area (Å²) in [5.74, 6) is 0.616. The van der Waals surface area contributed by atoms with E-state index in [0.717, 1.165) is 46.8 Å². The third-order valence-electron chi connectivity index (χ3n) is 10.6. The molecule has 0 radical (unpaired) electrons. The van der Waals surface area contributed by atoms with Crippen molar-refractivity contribution in [3.8, 4) is 0 Å². The highest BCUT2D eigenvalue weighted by Gasteiger charge is 2.47. The fourth-order valence-corrected chi connectivity index (χ4v) is 9.41. The number of piperazine rings is 1. The minimum atomic E-state index is -0.898. The number of benzene rings is 5. The van der Waals surface area contributed by atoms with Gasteiger partial charge in [0.15, 0.2) is 5.78 Å². The minimum Gasteiger partial charge on any atom is -0.444 e. The highest BCUT2D eigenvalue weighted by molar-refractivity contribution is 8.00. The molecule has 1 saturated heterocycles. The molecular formula is C47H53N3O4S. The van der Waals surface area contributed by atoms with E-state index in [9.17, 15) is 4.79 Å². The Hall–Kier alpha value is -4.47. The Morgan fingerprint density at radius 1 is 0.818 bits per heavy atom. The average Bonchev–Trinajstić information content (AvgIpc) is 4.03. The first-order chi connectivity index (χ1) is 26.7. The summed E-state index contributed by atoms with van der Waals surface area (Å²) in [6, 6.07) is 45.5. The molecule has 1 amide bonds. The molecule has 5 aromatic rings. The Kier molecular flexibility index (Phi) is 12.1. The molecule has 2 atom stereocenters. The van der Waals surface area contributed by atoms with Gasteiger partial charge in [0.2, 0.25) is 0 Å². The van der Waals surface area contributed by atoms with Crippen LogP contribution in [0.15, 0.2) is 133 Å². The number of nitrogens with one attached hydrogen (secondary N) is 2. The van der Waals surface area contributed by atoms with Gasteiger partial charge in [0.1, 0.15) is 5.60 Å². The van der Waals surface area contributed by atoms with Gasteiger partial charge in [-0.3, -0.25) is 9.69 Å². The second kappa shape index (κ2) is 17.1. The summed E-state index contributed by atoms with van der Waals surface area (Å²) in [6.07, 6.45) is 2.47. The van der Waals surface area contributed by atoms with Gasteiger partial charge in [0.25, 0.3) is 0 Å². The van der Waals surface area contributed by atoms with Crippen LogP contribution in [0.1, 0.15) is 67.1 Å². The maximum Gasteiger partial charge on any atom is 0.407 e. The molecule has 1 saturated carbocycles. The molecule has 0 spiro atoms. The van der Waals surface area contributed by atoms with E-state index in [1.807, 2.05) is 69.3 Å². The lowest BCUT2D eigenvalue weighted by atomic mass is 9.81. The van der Waals surface area contributed by atoms with Crippen molar-refractivity contribution in [1.29, 1.82) is 0 Å². The van der Waals surface area contributed by atoms with Crippen LogP contribution in [0.2, 0.25) is 0 Å². The molecule has 7 nitrogen and oxygen atoms in total. The van der Waals surface area contributed by atoms with Crippen molar-refractivity contribution >= 4 is 34.4 Å². The first-order valence-electron chi connectivity index (χ1n) is 19.6. The van der Waals surface area contributed by atoms with E-state index in [1.54, 1.807) is 11.8 Å². The van der Waals surface area contributed by atoms with Gasteiger partial charge in [0, 0.05) is 44.1 Å². The van der Waals surface area contributed by atoms with E-state index in [-0.39, 0.29) is 17.9 Å². The lowest BCUT2D eigenvalue weighted by Crippen LogP contribution is -2.68. The van der Waals surface area contributed by atoms with Crippen molar-refractivity contribution in [1.82, 2.24) is 15.5 Å². The lowest BCUT2D eigenvalue weighted by Gasteiger charge is -2.48. The summed E-state index contributed by atoms with van der Waals surface area (Å²) < 4.78 is 11.6. The zero-order chi connectivity index (χ0) is 38.3. The maximum atomic E-state index is 15.2. The van der Waals surface area contributed by atoms with Crippen LogP contribution in [0.4, 0.5) is 4.79 Å². The first-order valence-corrected chi connectivity index (χ1v) is 20.6.